The first-order chi connectivity index (χ1) is 26.8. The number of hydrogen-bond donors (Lipinski definition) is 0. The molecule has 2 nitrogen and oxygen atoms in total. The van der Waals surface area contributed by atoms with E-state index in [9.17, 15) is 0 Å². The van der Waals surface area contributed by atoms with Crippen LogP contribution in [-0.2, 0) is 0 Å². The fourth-order valence-corrected chi connectivity index (χ4v) is 8.30. The van der Waals surface area contributed by atoms with E-state index in [4.69, 9.17) is 0 Å². The predicted molar refractivity (Wildman–Crippen MR) is 228 cm³/mol. The van der Waals surface area contributed by atoms with Crippen molar-refractivity contribution in [3.8, 4) is 33.4 Å². The Morgan fingerprint density at radius 2 is 0.889 bits per heavy atom. The number of rotatable bonds is 7. The summed E-state index contributed by atoms with van der Waals surface area (Å²) >= 11 is 0. The van der Waals surface area contributed by atoms with Crippen molar-refractivity contribution >= 4 is 39.2 Å². The van der Waals surface area contributed by atoms with Crippen LogP contribution in [0.1, 0.15) is 11.5 Å². The van der Waals surface area contributed by atoms with Crippen molar-refractivity contribution in [3.05, 3.63) is 224 Å². The second-order valence-corrected chi connectivity index (χ2v) is 14.2. The highest BCUT2D eigenvalue weighted by atomic mass is 15.2. The number of fused-ring (bicyclic) bond motifs is 4. The van der Waals surface area contributed by atoms with Crippen molar-refractivity contribution in [1.29, 1.82) is 0 Å². The number of allylic oxidation sites excluding steroid dienone is 2. The van der Waals surface area contributed by atoms with E-state index >= 15 is 0 Å². The molecule has 8 aromatic carbocycles. The minimum absolute atomic E-state index is 0.233. The average molecular weight is 691 g/mol. The third-order valence-corrected chi connectivity index (χ3v) is 10.9. The molecule has 0 saturated carbocycles. The summed E-state index contributed by atoms with van der Waals surface area (Å²) in [4.78, 5) is 4.90. The molecule has 0 amide bonds. The number of nitrogens with zero attached hydrogens (tertiary/aromatic N) is 2. The van der Waals surface area contributed by atoms with Gasteiger partial charge in [-0.2, -0.15) is 0 Å². The Morgan fingerprint density at radius 1 is 0.370 bits per heavy atom. The van der Waals surface area contributed by atoms with Gasteiger partial charge in [0.15, 0.2) is 0 Å². The molecule has 0 N–H and O–H groups in total. The molecular weight excluding hydrogens is 653 g/mol. The van der Waals surface area contributed by atoms with Gasteiger partial charge in [-0.15, -0.1) is 0 Å². The first-order valence-electron chi connectivity index (χ1n) is 18.8. The van der Waals surface area contributed by atoms with Crippen LogP contribution in [0.3, 0.4) is 0 Å². The van der Waals surface area contributed by atoms with Gasteiger partial charge < -0.3 is 9.80 Å². The molecular formula is C52H38N2. The van der Waals surface area contributed by atoms with Gasteiger partial charge in [-0.3, -0.25) is 0 Å². The SMILES string of the molecule is C1=CC2c3cc4ccccc4cc3N(c3cccc(-c4cccc(N(c5ccc(-c6ccccc6)cc5)c5ccc(-c6ccccc6)cc5)c4)c3)C2C=C1. The third-order valence-electron chi connectivity index (χ3n) is 10.9. The van der Waals surface area contributed by atoms with Gasteiger partial charge in [-0.05, 0) is 110 Å². The molecule has 256 valence electrons. The van der Waals surface area contributed by atoms with Gasteiger partial charge in [0.1, 0.15) is 0 Å². The number of hydrogen-bond acceptors (Lipinski definition) is 2. The summed E-state index contributed by atoms with van der Waals surface area (Å²) in [7, 11) is 0. The van der Waals surface area contributed by atoms with Gasteiger partial charge in [-0.25, -0.2) is 0 Å². The first kappa shape index (κ1) is 31.8. The maximum atomic E-state index is 2.54. The summed E-state index contributed by atoms with van der Waals surface area (Å²) in [6.45, 7) is 0. The highest BCUT2D eigenvalue weighted by molar-refractivity contribution is 5.92. The molecule has 2 unspecified atom stereocenters. The molecule has 0 bridgehead atoms. The van der Waals surface area contributed by atoms with Gasteiger partial charge in [0.25, 0.3) is 0 Å². The molecule has 10 rings (SSSR count). The van der Waals surface area contributed by atoms with E-state index in [2.05, 4.69) is 228 Å². The van der Waals surface area contributed by atoms with Crippen molar-refractivity contribution in [1.82, 2.24) is 0 Å². The summed E-state index contributed by atoms with van der Waals surface area (Å²) < 4.78 is 0. The molecule has 1 heterocycles. The minimum Gasteiger partial charge on any atom is -0.333 e. The Kier molecular flexibility index (Phi) is 8.00. The molecule has 0 aromatic heterocycles. The zero-order valence-corrected chi connectivity index (χ0v) is 29.8. The normalized spacial score (nSPS) is 15.6. The van der Waals surface area contributed by atoms with Crippen molar-refractivity contribution < 1.29 is 0 Å². The first-order valence-corrected chi connectivity index (χ1v) is 18.8. The van der Waals surface area contributed by atoms with Crippen molar-refractivity contribution in [2.75, 3.05) is 9.80 Å². The molecule has 1 aliphatic heterocycles. The van der Waals surface area contributed by atoms with E-state index in [1.54, 1.807) is 0 Å². The van der Waals surface area contributed by atoms with Crippen LogP contribution in [0.25, 0.3) is 44.2 Å². The van der Waals surface area contributed by atoms with Gasteiger partial charge in [0.05, 0.1) is 6.04 Å². The quantitative estimate of drug-likeness (QED) is 0.164. The Balaban J connectivity index is 1.04. The molecule has 0 saturated heterocycles. The summed E-state index contributed by atoms with van der Waals surface area (Å²) in [6, 6.07) is 70.7. The lowest BCUT2D eigenvalue weighted by molar-refractivity contribution is 0.745. The second-order valence-electron chi connectivity index (χ2n) is 14.2. The Labute approximate surface area is 317 Å². The lowest BCUT2D eigenvalue weighted by atomic mass is 9.90. The van der Waals surface area contributed by atoms with Crippen LogP contribution < -0.4 is 9.80 Å². The summed E-state index contributed by atoms with van der Waals surface area (Å²) in [5.74, 6) is 0.316. The van der Waals surface area contributed by atoms with Crippen LogP contribution in [-0.4, -0.2) is 6.04 Å². The second kappa shape index (κ2) is 13.6. The third kappa shape index (κ3) is 5.79. The fraction of sp³-hybridized carbons (Fsp3) is 0.0385. The molecule has 2 atom stereocenters. The predicted octanol–water partition coefficient (Wildman–Crippen LogP) is 14.0. The lowest BCUT2D eigenvalue weighted by Crippen LogP contribution is -2.28. The largest absolute Gasteiger partial charge is 0.333 e. The highest BCUT2D eigenvalue weighted by Crippen LogP contribution is 2.49. The van der Waals surface area contributed by atoms with Gasteiger partial charge in [0.2, 0.25) is 0 Å². The molecule has 8 aromatic rings. The average Bonchev–Trinajstić information content (AvgIpc) is 3.57. The van der Waals surface area contributed by atoms with Crippen molar-refractivity contribution in [2.24, 2.45) is 0 Å². The monoisotopic (exact) mass is 690 g/mol. The molecule has 2 heteroatoms. The van der Waals surface area contributed by atoms with E-state index in [1.807, 2.05) is 0 Å². The molecule has 1 aliphatic carbocycles. The number of anilines is 5. The van der Waals surface area contributed by atoms with E-state index in [1.165, 1.54) is 61.1 Å². The maximum Gasteiger partial charge on any atom is 0.0629 e. The van der Waals surface area contributed by atoms with Crippen LogP contribution >= 0.6 is 0 Å². The highest BCUT2D eigenvalue weighted by Gasteiger charge is 2.37. The van der Waals surface area contributed by atoms with E-state index in [0.717, 1.165) is 17.1 Å². The Bertz CT molecular complexity index is 2570. The van der Waals surface area contributed by atoms with Crippen LogP contribution in [0.5, 0.6) is 0 Å². The smallest absolute Gasteiger partial charge is 0.0629 e. The van der Waals surface area contributed by atoms with E-state index in [0.29, 0.717) is 5.92 Å². The minimum atomic E-state index is 0.233. The molecule has 0 fully saturated rings. The topological polar surface area (TPSA) is 6.48 Å². The fourth-order valence-electron chi connectivity index (χ4n) is 8.30. The molecule has 2 aliphatic rings. The Hall–Kier alpha value is -6.90. The standard InChI is InChI=1S/C52H38N2/c1-3-13-37(14-4-1)39-25-29-45(30-26-39)53(46-31-27-40(28-32-46)38-15-5-2-6-16-38)47-21-11-19-41(33-47)42-20-12-22-48(34-42)54-51-24-10-9-23-49(51)50-35-43-17-7-8-18-44(43)36-52(50)54/h1-36,49,51H. The zero-order valence-electron chi connectivity index (χ0n) is 29.8. The lowest BCUT2D eigenvalue weighted by Gasteiger charge is -2.29. The summed E-state index contributed by atoms with van der Waals surface area (Å²) in [5.41, 5.74) is 14.4. The van der Waals surface area contributed by atoms with Crippen molar-refractivity contribution in [2.45, 2.75) is 12.0 Å². The summed E-state index contributed by atoms with van der Waals surface area (Å²) in [6.07, 6.45) is 9.10. The van der Waals surface area contributed by atoms with Gasteiger partial charge >= 0.3 is 0 Å². The zero-order chi connectivity index (χ0) is 35.8. The van der Waals surface area contributed by atoms with Gasteiger partial charge in [-0.1, -0.05) is 158 Å². The van der Waals surface area contributed by atoms with Gasteiger partial charge in [0, 0.05) is 34.4 Å². The molecule has 0 spiro atoms. The van der Waals surface area contributed by atoms with E-state index < -0.39 is 0 Å². The number of benzene rings is 8. The summed E-state index contributed by atoms with van der Waals surface area (Å²) in [5, 5.41) is 2.56. The maximum absolute atomic E-state index is 2.54. The molecule has 54 heavy (non-hydrogen) atoms. The molecule has 0 radical (unpaired) electrons. The van der Waals surface area contributed by atoms with Crippen LogP contribution in [0.15, 0.2) is 218 Å². The van der Waals surface area contributed by atoms with E-state index in [-0.39, 0.29) is 6.04 Å². The van der Waals surface area contributed by atoms with Crippen LogP contribution in [0.2, 0.25) is 0 Å². The van der Waals surface area contributed by atoms with Crippen molar-refractivity contribution in [3.63, 3.8) is 0 Å². The van der Waals surface area contributed by atoms with Crippen LogP contribution in [0.4, 0.5) is 28.4 Å². The van der Waals surface area contributed by atoms with Crippen LogP contribution in [0, 0.1) is 0 Å². The Morgan fingerprint density at radius 3 is 1.54 bits per heavy atom.